The molecule has 0 atom stereocenters. The summed E-state index contributed by atoms with van der Waals surface area (Å²) in [6.45, 7) is 2.31. The van der Waals surface area contributed by atoms with E-state index in [4.69, 9.17) is 4.74 Å². The average molecular weight is 283 g/mol. The van der Waals surface area contributed by atoms with Gasteiger partial charge in [0.2, 0.25) is 0 Å². The Balaban J connectivity index is 1.83. The molecule has 1 aliphatic carbocycles. The van der Waals surface area contributed by atoms with Crippen LogP contribution in [0.1, 0.15) is 26.2 Å². The number of ketones is 1. The summed E-state index contributed by atoms with van der Waals surface area (Å²) < 4.78 is 6.64. The number of rotatable bonds is 5. The minimum Gasteiger partial charge on any atom is -0.494 e. The van der Waals surface area contributed by atoms with E-state index in [0.717, 1.165) is 29.5 Å². The molecular weight excluding hydrogens is 268 g/mol. The Bertz CT molecular complexity index is 397. The molecule has 0 unspecified atom stereocenters. The molecule has 3 heteroatoms. The third kappa shape index (κ3) is 2.64. The molecule has 0 heterocycles. The Labute approximate surface area is 104 Å². The smallest absolute Gasteiger partial charge is 0.136 e. The van der Waals surface area contributed by atoms with Gasteiger partial charge in [-0.15, -0.1) is 0 Å². The van der Waals surface area contributed by atoms with Crippen molar-refractivity contribution in [1.82, 2.24) is 0 Å². The predicted octanol–water partition coefficient (Wildman–Crippen LogP) is 3.59. The Morgan fingerprint density at radius 3 is 2.81 bits per heavy atom. The van der Waals surface area contributed by atoms with E-state index >= 15 is 0 Å². The first-order valence-electron chi connectivity index (χ1n) is 5.52. The van der Waals surface area contributed by atoms with E-state index in [2.05, 4.69) is 15.9 Å². The highest BCUT2D eigenvalue weighted by atomic mass is 79.9. The van der Waals surface area contributed by atoms with Crippen LogP contribution in [0.5, 0.6) is 5.75 Å². The number of hydrogen-bond donors (Lipinski definition) is 0. The van der Waals surface area contributed by atoms with Gasteiger partial charge in [0.1, 0.15) is 11.5 Å². The van der Waals surface area contributed by atoms with Crippen LogP contribution < -0.4 is 4.74 Å². The van der Waals surface area contributed by atoms with Crippen LogP contribution in [0, 0.1) is 5.41 Å². The summed E-state index contributed by atoms with van der Waals surface area (Å²) in [5.74, 6) is 1.17. The summed E-state index contributed by atoms with van der Waals surface area (Å²) in [5, 5.41) is 0. The van der Waals surface area contributed by atoms with Gasteiger partial charge in [-0.2, -0.15) is 0 Å². The van der Waals surface area contributed by atoms with E-state index in [1.165, 1.54) is 0 Å². The van der Waals surface area contributed by atoms with Crippen molar-refractivity contribution in [2.24, 2.45) is 5.41 Å². The van der Waals surface area contributed by atoms with Crippen LogP contribution in [0.2, 0.25) is 0 Å². The minimum absolute atomic E-state index is 0.0496. The second kappa shape index (κ2) is 4.58. The monoisotopic (exact) mass is 282 g/mol. The molecule has 0 spiro atoms. The van der Waals surface area contributed by atoms with Crippen molar-refractivity contribution in [3.8, 4) is 5.75 Å². The number of Topliss-reactive ketones (excluding diaryl/α,β-unsaturated/α-hetero) is 1. The van der Waals surface area contributed by atoms with E-state index in [1.807, 2.05) is 24.3 Å². The van der Waals surface area contributed by atoms with E-state index in [9.17, 15) is 4.79 Å². The van der Waals surface area contributed by atoms with Crippen LogP contribution in [0.3, 0.4) is 0 Å². The topological polar surface area (TPSA) is 26.3 Å². The molecule has 2 rings (SSSR count). The van der Waals surface area contributed by atoms with Crippen molar-refractivity contribution in [2.45, 2.75) is 26.2 Å². The Morgan fingerprint density at radius 1 is 1.50 bits per heavy atom. The quantitative estimate of drug-likeness (QED) is 0.825. The molecule has 16 heavy (non-hydrogen) atoms. The van der Waals surface area contributed by atoms with Crippen LogP contribution in [0.4, 0.5) is 0 Å². The zero-order valence-corrected chi connectivity index (χ0v) is 10.9. The second-order valence-corrected chi connectivity index (χ2v) is 5.31. The van der Waals surface area contributed by atoms with Gasteiger partial charge in [-0.25, -0.2) is 0 Å². The molecule has 0 aromatic heterocycles. The number of carbonyl (C=O) groups is 1. The van der Waals surface area contributed by atoms with Gasteiger partial charge in [0.15, 0.2) is 0 Å². The molecule has 0 aliphatic heterocycles. The number of hydrogen-bond acceptors (Lipinski definition) is 2. The van der Waals surface area contributed by atoms with Crippen LogP contribution in [-0.4, -0.2) is 12.4 Å². The maximum Gasteiger partial charge on any atom is 0.136 e. The summed E-state index contributed by atoms with van der Waals surface area (Å²) in [6, 6.07) is 7.77. The second-order valence-electron chi connectivity index (χ2n) is 4.39. The first kappa shape index (κ1) is 11.6. The maximum atomic E-state index is 11.4. The fraction of sp³-hybridized carbons (Fsp3) is 0.462. The molecule has 1 aromatic carbocycles. The van der Waals surface area contributed by atoms with Crippen LogP contribution in [0.25, 0.3) is 0 Å². The normalized spacial score (nSPS) is 16.9. The largest absolute Gasteiger partial charge is 0.494 e. The van der Waals surface area contributed by atoms with Gasteiger partial charge in [-0.1, -0.05) is 22.0 Å². The summed E-state index contributed by atoms with van der Waals surface area (Å²) >= 11 is 3.39. The van der Waals surface area contributed by atoms with Gasteiger partial charge in [0.05, 0.1) is 6.61 Å². The minimum atomic E-state index is -0.0496. The third-order valence-corrected chi connectivity index (χ3v) is 3.74. The summed E-state index contributed by atoms with van der Waals surface area (Å²) in [5.41, 5.74) is -0.0496. The average Bonchev–Trinajstić information content (AvgIpc) is 2.99. The van der Waals surface area contributed by atoms with Crippen LogP contribution >= 0.6 is 15.9 Å². The molecule has 1 saturated carbocycles. The fourth-order valence-electron chi connectivity index (χ4n) is 1.85. The predicted molar refractivity (Wildman–Crippen MR) is 66.6 cm³/mol. The van der Waals surface area contributed by atoms with Crippen molar-refractivity contribution < 1.29 is 9.53 Å². The van der Waals surface area contributed by atoms with Crippen molar-refractivity contribution in [3.63, 3.8) is 0 Å². The van der Waals surface area contributed by atoms with Crippen molar-refractivity contribution in [3.05, 3.63) is 28.7 Å². The molecule has 1 fully saturated rings. The first-order chi connectivity index (χ1) is 7.62. The SMILES string of the molecule is CC(=O)C1(CCOc2cccc(Br)c2)CC1. The molecule has 1 aromatic rings. The molecule has 86 valence electrons. The zero-order valence-electron chi connectivity index (χ0n) is 9.33. The standard InChI is InChI=1S/C13H15BrO2/c1-10(15)13(5-6-13)7-8-16-12-4-2-3-11(14)9-12/h2-4,9H,5-8H2,1H3. The van der Waals surface area contributed by atoms with E-state index in [-0.39, 0.29) is 5.41 Å². The van der Waals surface area contributed by atoms with Crippen LogP contribution in [-0.2, 0) is 4.79 Å². The van der Waals surface area contributed by atoms with E-state index < -0.39 is 0 Å². The number of benzene rings is 1. The van der Waals surface area contributed by atoms with Crippen molar-refractivity contribution in [2.75, 3.05) is 6.61 Å². The molecular formula is C13H15BrO2. The maximum absolute atomic E-state index is 11.4. The number of carbonyl (C=O) groups excluding carboxylic acids is 1. The van der Waals surface area contributed by atoms with Crippen LogP contribution in [0.15, 0.2) is 28.7 Å². The van der Waals surface area contributed by atoms with Crippen molar-refractivity contribution in [1.29, 1.82) is 0 Å². The van der Waals surface area contributed by atoms with Gasteiger partial charge in [-0.3, -0.25) is 4.79 Å². The lowest BCUT2D eigenvalue weighted by Gasteiger charge is -2.12. The van der Waals surface area contributed by atoms with Crippen molar-refractivity contribution >= 4 is 21.7 Å². The summed E-state index contributed by atoms with van der Waals surface area (Å²) in [7, 11) is 0. The highest BCUT2D eigenvalue weighted by Gasteiger charge is 2.46. The van der Waals surface area contributed by atoms with E-state index in [0.29, 0.717) is 12.4 Å². The van der Waals surface area contributed by atoms with Gasteiger partial charge < -0.3 is 4.74 Å². The number of ether oxygens (including phenoxy) is 1. The zero-order chi connectivity index (χ0) is 11.6. The van der Waals surface area contributed by atoms with Gasteiger partial charge >= 0.3 is 0 Å². The number of halogens is 1. The lowest BCUT2D eigenvalue weighted by Crippen LogP contribution is -2.15. The Hall–Kier alpha value is -0.830. The van der Waals surface area contributed by atoms with Gasteiger partial charge in [0.25, 0.3) is 0 Å². The lowest BCUT2D eigenvalue weighted by atomic mass is 9.99. The first-order valence-corrected chi connectivity index (χ1v) is 6.31. The molecule has 2 nitrogen and oxygen atoms in total. The highest BCUT2D eigenvalue weighted by Crippen LogP contribution is 2.49. The molecule has 0 saturated heterocycles. The van der Waals surface area contributed by atoms with Gasteiger partial charge in [0, 0.05) is 9.89 Å². The summed E-state index contributed by atoms with van der Waals surface area (Å²) in [4.78, 5) is 11.4. The highest BCUT2D eigenvalue weighted by molar-refractivity contribution is 9.10. The summed E-state index contributed by atoms with van der Waals surface area (Å²) in [6.07, 6.45) is 2.91. The molecule has 0 radical (unpaired) electrons. The lowest BCUT2D eigenvalue weighted by molar-refractivity contribution is -0.122. The fourth-order valence-corrected chi connectivity index (χ4v) is 2.23. The van der Waals surface area contributed by atoms with Gasteiger partial charge in [-0.05, 0) is 44.4 Å². The Morgan fingerprint density at radius 2 is 2.25 bits per heavy atom. The molecule has 1 aliphatic rings. The molecule has 0 bridgehead atoms. The third-order valence-electron chi connectivity index (χ3n) is 3.25. The van der Waals surface area contributed by atoms with E-state index in [1.54, 1.807) is 6.92 Å². The Kier molecular flexibility index (Phi) is 3.33. The molecule has 0 amide bonds. The molecule has 0 N–H and O–H groups in total.